The highest BCUT2D eigenvalue weighted by atomic mass is 32.2. The molecule has 3 rings (SSSR count). The maximum atomic E-state index is 13.0. The second-order valence-corrected chi connectivity index (χ2v) is 11.6. The maximum Gasteiger partial charge on any atom is 0.241 e. The predicted molar refractivity (Wildman–Crippen MR) is 135 cm³/mol. The van der Waals surface area contributed by atoms with Gasteiger partial charge in [0.05, 0.1) is 24.3 Å². The molecule has 0 spiro atoms. The number of sulfonamides is 1. The molecule has 0 N–H and O–H groups in total. The van der Waals surface area contributed by atoms with Crippen LogP contribution in [0, 0.1) is 5.92 Å². The molecule has 0 saturated carbocycles. The molecule has 3 heterocycles. The molecular weight excluding hydrogens is 450 g/mol. The van der Waals surface area contributed by atoms with E-state index in [2.05, 4.69) is 29.5 Å². The Bertz CT molecular complexity index is 880. The van der Waals surface area contributed by atoms with E-state index in [1.807, 2.05) is 24.0 Å². The van der Waals surface area contributed by atoms with E-state index in [-0.39, 0.29) is 23.9 Å². The fraction of sp³-hybridized carbons (Fsp3) is 0.692. The van der Waals surface area contributed by atoms with Gasteiger partial charge in [0.25, 0.3) is 0 Å². The fourth-order valence-electron chi connectivity index (χ4n) is 5.56. The van der Waals surface area contributed by atoms with Crippen molar-refractivity contribution in [3.63, 3.8) is 0 Å². The van der Waals surface area contributed by atoms with Gasteiger partial charge in [0, 0.05) is 31.9 Å². The van der Waals surface area contributed by atoms with Gasteiger partial charge in [0.2, 0.25) is 21.8 Å². The quantitative estimate of drug-likeness (QED) is 0.361. The SMILES string of the molecule is CCC[C@H]1C(=O)N(S(C)(=O)=O)[C@H]2CCN(C(=O)CCCCCCCCCN3C=CC=CC=C3)[C@H]12. The van der Waals surface area contributed by atoms with E-state index in [4.69, 9.17) is 0 Å². The molecule has 0 unspecified atom stereocenters. The third-order valence-corrected chi connectivity index (χ3v) is 8.31. The molecule has 0 aromatic rings. The van der Waals surface area contributed by atoms with Crippen molar-refractivity contribution in [3.05, 3.63) is 36.7 Å². The second-order valence-electron chi connectivity index (χ2n) is 9.76. The molecule has 0 aliphatic carbocycles. The van der Waals surface area contributed by atoms with Gasteiger partial charge in [-0.15, -0.1) is 0 Å². The number of carbonyl (C=O) groups is 2. The monoisotopic (exact) mass is 491 g/mol. The standard InChI is InChI=1S/C26H41N3O4S/c1-3-15-22-25-23(29(26(22)31)34(2,32)33)17-21-28(25)24(30)16-11-7-5-4-6-8-12-18-27-19-13-9-10-14-20-27/h9-10,13-14,19-20,22-23,25H,3-8,11-12,15-18,21H2,1-2H3/t22-,23+,25-/m1/s1. The lowest BCUT2D eigenvalue weighted by Gasteiger charge is -2.27. The normalized spacial score (nSPS) is 24.2. The van der Waals surface area contributed by atoms with Gasteiger partial charge < -0.3 is 9.80 Å². The number of allylic oxidation sites excluding steroid dienone is 4. The first-order chi connectivity index (χ1) is 16.3. The van der Waals surface area contributed by atoms with E-state index in [1.165, 1.54) is 25.7 Å². The first-order valence-corrected chi connectivity index (χ1v) is 14.8. The van der Waals surface area contributed by atoms with Gasteiger partial charge in [-0.3, -0.25) is 9.59 Å². The van der Waals surface area contributed by atoms with Crippen molar-refractivity contribution in [1.82, 2.24) is 14.1 Å². The Morgan fingerprint density at radius 2 is 1.59 bits per heavy atom. The topological polar surface area (TPSA) is 78.0 Å². The van der Waals surface area contributed by atoms with Gasteiger partial charge >= 0.3 is 0 Å². The molecule has 0 bridgehead atoms. The highest BCUT2D eigenvalue weighted by Gasteiger charge is 2.56. The number of unbranched alkanes of at least 4 members (excludes halogenated alkanes) is 6. The average molecular weight is 492 g/mol. The Hall–Kier alpha value is -2.09. The Balaban J connectivity index is 1.34. The summed E-state index contributed by atoms with van der Waals surface area (Å²) in [6.07, 6.45) is 23.7. The highest BCUT2D eigenvalue weighted by Crippen LogP contribution is 2.40. The molecule has 0 aromatic heterocycles. The third kappa shape index (κ3) is 6.74. The third-order valence-electron chi connectivity index (χ3n) is 7.14. The molecule has 190 valence electrons. The predicted octanol–water partition coefficient (Wildman–Crippen LogP) is 4.19. The van der Waals surface area contributed by atoms with Crippen LogP contribution in [-0.2, 0) is 19.6 Å². The maximum absolute atomic E-state index is 13.0. The molecule has 3 aliphatic rings. The number of nitrogens with zero attached hydrogens (tertiary/aromatic N) is 3. The van der Waals surface area contributed by atoms with Gasteiger partial charge in [0.15, 0.2) is 0 Å². The smallest absolute Gasteiger partial charge is 0.241 e. The molecule has 3 atom stereocenters. The van der Waals surface area contributed by atoms with E-state index < -0.39 is 15.9 Å². The molecule has 2 saturated heterocycles. The Morgan fingerprint density at radius 3 is 2.21 bits per heavy atom. The lowest BCUT2D eigenvalue weighted by atomic mass is 9.94. The van der Waals surface area contributed by atoms with Crippen molar-refractivity contribution in [2.75, 3.05) is 19.3 Å². The van der Waals surface area contributed by atoms with Crippen LogP contribution in [0.5, 0.6) is 0 Å². The molecule has 7 nitrogen and oxygen atoms in total. The Labute approximate surface area is 205 Å². The second kappa shape index (κ2) is 12.6. The van der Waals surface area contributed by atoms with Crippen LogP contribution in [0.3, 0.4) is 0 Å². The average Bonchev–Trinajstić information content (AvgIpc) is 3.18. The first kappa shape index (κ1) is 26.5. The summed E-state index contributed by atoms with van der Waals surface area (Å²) in [5.74, 6) is -0.645. The summed E-state index contributed by atoms with van der Waals surface area (Å²) in [6.45, 7) is 3.58. The number of likely N-dealkylation sites (tertiary alicyclic amines) is 1. The van der Waals surface area contributed by atoms with E-state index in [9.17, 15) is 18.0 Å². The molecular formula is C26H41N3O4S. The fourth-order valence-corrected chi connectivity index (χ4v) is 6.75. The van der Waals surface area contributed by atoms with Crippen LogP contribution in [0.2, 0.25) is 0 Å². The molecule has 0 aromatic carbocycles. The zero-order chi connectivity index (χ0) is 24.6. The number of hydrogen-bond donors (Lipinski definition) is 0. The van der Waals surface area contributed by atoms with Crippen molar-refractivity contribution >= 4 is 21.8 Å². The number of amides is 2. The van der Waals surface area contributed by atoms with Crippen LogP contribution in [0.15, 0.2) is 36.7 Å². The highest BCUT2D eigenvalue weighted by molar-refractivity contribution is 7.88. The summed E-state index contributed by atoms with van der Waals surface area (Å²) in [6, 6.07) is -0.682. The molecule has 34 heavy (non-hydrogen) atoms. The van der Waals surface area contributed by atoms with Crippen molar-refractivity contribution in [3.8, 4) is 0 Å². The van der Waals surface area contributed by atoms with Crippen LogP contribution >= 0.6 is 0 Å². The molecule has 8 heteroatoms. The number of carbonyl (C=O) groups excluding carboxylic acids is 2. The van der Waals surface area contributed by atoms with Crippen LogP contribution < -0.4 is 0 Å². The summed E-state index contributed by atoms with van der Waals surface area (Å²) in [5.41, 5.74) is 0. The summed E-state index contributed by atoms with van der Waals surface area (Å²) in [4.78, 5) is 29.8. The van der Waals surface area contributed by atoms with Crippen molar-refractivity contribution in [2.45, 2.75) is 89.6 Å². The van der Waals surface area contributed by atoms with Gasteiger partial charge in [-0.05, 0) is 37.8 Å². The Morgan fingerprint density at radius 1 is 0.971 bits per heavy atom. The first-order valence-electron chi connectivity index (χ1n) is 12.9. The van der Waals surface area contributed by atoms with Gasteiger partial charge in [-0.1, -0.05) is 57.6 Å². The number of rotatable bonds is 13. The van der Waals surface area contributed by atoms with Crippen LogP contribution in [0.4, 0.5) is 0 Å². The number of fused-ring (bicyclic) bond motifs is 1. The molecule has 2 amide bonds. The zero-order valence-electron chi connectivity index (χ0n) is 20.8. The van der Waals surface area contributed by atoms with Gasteiger partial charge in [0.1, 0.15) is 0 Å². The largest absolute Gasteiger partial charge is 0.354 e. The van der Waals surface area contributed by atoms with E-state index in [1.54, 1.807) is 0 Å². The van der Waals surface area contributed by atoms with Crippen molar-refractivity contribution in [2.24, 2.45) is 5.92 Å². The van der Waals surface area contributed by atoms with Crippen LogP contribution in [-0.4, -0.2) is 65.8 Å². The minimum atomic E-state index is -3.61. The van der Waals surface area contributed by atoms with Crippen molar-refractivity contribution in [1.29, 1.82) is 0 Å². The lowest BCUT2D eigenvalue weighted by molar-refractivity contribution is -0.134. The summed E-state index contributed by atoms with van der Waals surface area (Å²) in [7, 11) is -3.61. The Kier molecular flexibility index (Phi) is 9.80. The molecule has 0 radical (unpaired) electrons. The summed E-state index contributed by atoms with van der Waals surface area (Å²) >= 11 is 0. The van der Waals surface area contributed by atoms with Gasteiger partial charge in [-0.25, -0.2) is 12.7 Å². The summed E-state index contributed by atoms with van der Waals surface area (Å²) in [5, 5.41) is 0. The molecule has 3 aliphatic heterocycles. The minimum absolute atomic E-state index is 0.0739. The number of hydrogen-bond acceptors (Lipinski definition) is 5. The molecule has 2 fully saturated rings. The zero-order valence-corrected chi connectivity index (χ0v) is 21.6. The van der Waals surface area contributed by atoms with E-state index in [0.29, 0.717) is 25.8 Å². The van der Waals surface area contributed by atoms with Crippen LogP contribution in [0.1, 0.15) is 77.6 Å². The van der Waals surface area contributed by atoms with Crippen molar-refractivity contribution < 1.29 is 18.0 Å². The van der Waals surface area contributed by atoms with Gasteiger partial charge in [-0.2, -0.15) is 0 Å². The van der Waals surface area contributed by atoms with E-state index >= 15 is 0 Å². The summed E-state index contributed by atoms with van der Waals surface area (Å²) < 4.78 is 25.5. The minimum Gasteiger partial charge on any atom is -0.354 e. The van der Waals surface area contributed by atoms with E-state index in [0.717, 1.165) is 42.8 Å². The van der Waals surface area contributed by atoms with Crippen LogP contribution in [0.25, 0.3) is 0 Å². The lowest BCUT2D eigenvalue weighted by Crippen LogP contribution is -2.43.